The van der Waals surface area contributed by atoms with Gasteiger partial charge in [0.05, 0.1) is 0 Å². The van der Waals surface area contributed by atoms with Crippen LogP contribution >= 0.6 is 0 Å². The number of hydrogen-bond donors (Lipinski definition) is 3. The van der Waals surface area contributed by atoms with Gasteiger partial charge < -0.3 is 16.0 Å². The SMILES string of the molecule is CC(=O)Nc1cccc(Nc2nc(C)cc(NCCC(C)C)n2)c1. The first-order chi connectivity index (χ1) is 11.4. The second-order valence-corrected chi connectivity index (χ2v) is 6.21. The van der Waals surface area contributed by atoms with Crippen LogP contribution in [0.1, 0.15) is 32.9 Å². The van der Waals surface area contributed by atoms with Crippen LogP contribution in [0.4, 0.5) is 23.1 Å². The monoisotopic (exact) mass is 327 g/mol. The Kier molecular flexibility index (Phi) is 6.12. The Morgan fingerprint density at radius 2 is 1.92 bits per heavy atom. The molecule has 0 saturated carbocycles. The quantitative estimate of drug-likeness (QED) is 0.718. The third-order valence-electron chi connectivity index (χ3n) is 3.32. The second-order valence-electron chi connectivity index (χ2n) is 6.21. The van der Waals surface area contributed by atoms with Crippen LogP contribution in [-0.4, -0.2) is 22.4 Å². The second kappa shape index (κ2) is 8.29. The number of nitrogens with one attached hydrogen (secondary N) is 3. The number of anilines is 4. The molecule has 24 heavy (non-hydrogen) atoms. The summed E-state index contributed by atoms with van der Waals surface area (Å²) in [5, 5.41) is 9.28. The van der Waals surface area contributed by atoms with Gasteiger partial charge in [0.25, 0.3) is 0 Å². The number of nitrogens with zero attached hydrogens (tertiary/aromatic N) is 2. The van der Waals surface area contributed by atoms with Crippen molar-refractivity contribution in [1.29, 1.82) is 0 Å². The van der Waals surface area contributed by atoms with Crippen molar-refractivity contribution in [2.24, 2.45) is 5.92 Å². The third kappa shape index (κ3) is 5.87. The zero-order chi connectivity index (χ0) is 17.5. The van der Waals surface area contributed by atoms with Crippen LogP contribution in [0.2, 0.25) is 0 Å². The van der Waals surface area contributed by atoms with E-state index in [1.165, 1.54) is 6.92 Å². The van der Waals surface area contributed by atoms with Crippen molar-refractivity contribution < 1.29 is 4.79 Å². The number of aryl methyl sites for hydroxylation is 1. The van der Waals surface area contributed by atoms with Crippen LogP contribution < -0.4 is 16.0 Å². The van der Waals surface area contributed by atoms with E-state index >= 15 is 0 Å². The topological polar surface area (TPSA) is 78.9 Å². The van der Waals surface area contributed by atoms with E-state index in [0.29, 0.717) is 11.9 Å². The molecule has 0 bridgehead atoms. The molecule has 2 rings (SSSR count). The summed E-state index contributed by atoms with van der Waals surface area (Å²) in [6.45, 7) is 8.70. The van der Waals surface area contributed by atoms with Crippen LogP contribution in [0.15, 0.2) is 30.3 Å². The van der Waals surface area contributed by atoms with Gasteiger partial charge in [-0.1, -0.05) is 19.9 Å². The zero-order valence-corrected chi connectivity index (χ0v) is 14.7. The van der Waals surface area contributed by atoms with Gasteiger partial charge in [-0.2, -0.15) is 4.98 Å². The highest BCUT2D eigenvalue weighted by molar-refractivity contribution is 5.89. The van der Waals surface area contributed by atoms with Crippen molar-refractivity contribution in [3.8, 4) is 0 Å². The Hall–Kier alpha value is -2.63. The highest BCUT2D eigenvalue weighted by atomic mass is 16.1. The molecular formula is C18H25N5O. The molecule has 6 heteroatoms. The van der Waals surface area contributed by atoms with Crippen molar-refractivity contribution in [3.05, 3.63) is 36.0 Å². The van der Waals surface area contributed by atoms with Gasteiger partial charge in [-0.25, -0.2) is 4.98 Å². The Balaban J connectivity index is 2.09. The first kappa shape index (κ1) is 17.7. The van der Waals surface area contributed by atoms with E-state index in [2.05, 4.69) is 39.8 Å². The van der Waals surface area contributed by atoms with Gasteiger partial charge in [0, 0.05) is 36.6 Å². The van der Waals surface area contributed by atoms with Crippen LogP contribution in [-0.2, 0) is 4.79 Å². The maximum absolute atomic E-state index is 11.2. The van der Waals surface area contributed by atoms with Gasteiger partial charge in [0.15, 0.2) is 0 Å². The summed E-state index contributed by atoms with van der Waals surface area (Å²) in [4.78, 5) is 20.1. The van der Waals surface area contributed by atoms with E-state index in [0.717, 1.165) is 35.9 Å². The summed E-state index contributed by atoms with van der Waals surface area (Å²) in [7, 11) is 0. The standard InChI is InChI=1S/C18H25N5O/c1-12(2)8-9-19-17-10-13(3)20-18(23-17)22-16-7-5-6-15(11-16)21-14(4)24/h5-7,10-12H,8-9H2,1-4H3,(H,21,24)(H2,19,20,22,23). The van der Waals surface area contributed by atoms with E-state index in [1.807, 2.05) is 37.3 Å². The maximum Gasteiger partial charge on any atom is 0.229 e. The van der Waals surface area contributed by atoms with E-state index in [9.17, 15) is 4.79 Å². The average Bonchev–Trinajstić information content (AvgIpc) is 2.45. The Morgan fingerprint density at radius 3 is 2.62 bits per heavy atom. The molecule has 0 radical (unpaired) electrons. The molecule has 1 aromatic heterocycles. The van der Waals surface area contributed by atoms with Crippen molar-refractivity contribution >= 4 is 29.0 Å². The van der Waals surface area contributed by atoms with Gasteiger partial charge in [-0.3, -0.25) is 4.79 Å². The molecule has 6 nitrogen and oxygen atoms in total. The van der Waals surface area contributed by atoms with E-state index in [1.54, 1.807) is 0 Å². The summed E-state index contributed by atoms with van der Waals surface area (Å²) < 4.78 is 0. The lowest BCUT2D eigenvalue weighted by atomic mass is 10.1. The summed E-state index contributed by atoms with van der Waals surface area (Å²) in [5.41, 5.74) is 2.44. The minimum Gasteiger partial charge on any atom is -0.370 e. The number of aromatic nitrogens is 2. The molecule has 0 saturated heterocycles. The lowest BCUT2D eigenvalue weighted by Crippen LogP contribution is -2.09. The molecule has 0 atom stereocenters. The predicted molar refractivity (Wildman–Crippen MR) is 98.7 cm³/mol. The van der Waals surface area contributed by atoms with Gasteiger partial charge in [-0.15, -0.1) is 0 Å². The minimum atomic E-state index is -0.101. The number of hydrogen-bond acceptors (Lipinski definition) is 5. The van der Waals surface area contributed by atoms with Gasteiger partial charge in [0.2, 0.25) is 11.9 Å². The van der Waals surface area contributed by atoms with Gasteiger partial charge in [-0.05, 0) is 37.5 Å². The largest absolute Gasteiger partial charge is 0.370 e. The smallest absolute Gasteiger partial charge is 0.229 e. The van der Waals surface area contributed by atoms with Crippen molar-refractivity contribution in [2.75, 3.05) is 22.5 Å². The molecule has 2 aromatic rings. The average molecular weight is 327 g/mol. The summed E-state index contributed by atoms with van der Waals surface area (Å²) in [5.74, 6) is 1.89. The molecule has 3 N–H and O–H groups in total. The maximum atomic E-state index is 11.2. The molecule has 0 aliphatic carbocycles. The number of carbonyl (C=O) groups excluding carboxylic acids is 1. The highest BCUT2D eigenvalue weighted by Crippen LogP contribution is 2.19. The fourth-order valence-corrected chi connectivity index (χ4v) is 2.21. The van der Waals surface area contributed by atoms with Crippen molar-refractivity contribution in [3.63, 3.8) is 0 Å². The fourth-order valence-electron chi connectivity index (χ4n) is 2.21. The van der Waals surface area contributed by atoms with E-state index in [-0.39, 0.29) is 5.91 Å². The minimum absolute atomic E-state index is 0.101. The molecule has 1 heterocycles. The first-order valence-electron chi connectivity index (χ1n) is 8.16. The van der Waals surface area contributed by atoms with Gasteiger partial charge in [0.1, 0.15) is 5.82 Å². The van der Waals surface area contributed by atoms with Crippen LogP contribution in [0.25, 0.3) is 0 Å². The van der Waals surface area contributed by atoms with E-state index < -0.39 is 0 Å². The normalized spacial score (nSPS) is 10.5. The lowest BCUT2D eigenvalue weighted by Gasteiger charge is -2.11. The Bertz CT molecular complexity index is 700. The summed E-state index contributed by atoms with van der Waals surface area (Å²) in [6.07, 6.45) is 1.09. The van der Waals surface area contributed by atoms with Crippen molar-refractivity contribution in [2.45, 2.75) is 34.1 Å². The van der Waals surface area contributed by atoms with E-state index in [4.69, 9.17) is 0 Å². The summed E-state index contributed by atoms with van der Waals surface area (Å²) >= 11 is 0. The number of amides is 1. The molecule has 1 aromatic carbocycles. The van der Waals surface area contributed by atoms with Crippen molar-refractivity contribution in [1.82, 2.24) is 9.97 Å². The number of benzene rings is 1. The molecule has 0 unspecified atom stereocenters. The Morgan fingerprint density at radius 1 is 1.17 bits per heavy atom. The molecule has 0 aliphatic heterocycles. The number of rotatable bonds is 7. The van der Waals surface area contributed by atoms with Gasteiger partial charge >= 0.3 is 0 Å². The highest BCUT2D eigenvalue weighted by Gasteiger charge is 2.04. The lowest BCUT2D eigenvalue weighted by molar-refractivity contribution is -0.114. The van der Waals surface area contributed by atoms with Crippen LogP contribution in [0, 0.1) is 12.8 Å². The molecule has 0 spiro atoms. The molecular weight excluding hydrogens is 302 g/mol. The first-order valence-corrected chi connectivity index (χ1v) is 8.16. The zero-order valence-electron chi connectivity index (χ0n) is 14.7. The summed E-state index contributed by atoms with van der Waals surface area (Å²) in [6, 6.07) is 9.38. The molecule has 0 fully saturated rings. The molecule has 128 valence electrons. The predicted octanol–water partition coefficient (Wildman–Crippen LogP) is 3.95. The molecule has 0 aliphatic rings. The Labute approximate surface area is 143 Å². The van der Waals surface area contributed by atoms with Crippen LogP contribution in [0.3, 0.4) is 0 Å². The molecule has 1 amide bonds. The van der Waals surface area contributed by atoms with Crippen LogP contribution in [0.5, 0.6) is 0 Å². The number of carbonyl (C=O) groups is 1. The third-order valence-corrected chi connectivity index (χ3v) is 3.32. The fraction of sp³-hybridized carbons (Fsp3) is 0.389.